The lowest BCUT2D eigenvalue weighted by Gasteiger charge is -2.34. The zero-order valence-corrected chi connectivity index (χ0v) is 11.8. The Hall–Kier alpha value is -0.160. The van der Waals surface area contributed by atoms with E-state index in [9.17, 15) is 0 Å². The maximum absolute atomic E-state index is 4.55. The fraction of sp³-hybridized carbons (Fsp3) is 0.750. The number of fused-ring (bicyclic) bond motifs is 1. The summed E-state index contributed by atoms with van der Waals surface area (Å²) >= 11 is 1.76. The molecule has 3 heterocycles. The van der Waals surface area contributed by atoms with E-state index in [1.807, 2.05) is 0 Å². The molecule has 0 aromatic carbocycles. The third kappa shape index (κ3) is 2.99. The van der Waals surface area contributed by atoms with Crippen molar-refractivity contribution in [3.63, 3.8) is 0 Å². The molecule has 2 aliphatic rings. The second-order valence-electron chi connectivity index (χ2n) is 4.99. The number of nitrogens with one attached hydrogen (secondary N) is 1. The lowest BCUT2D eigenvalue weighted by Crippen LogP contribution is -2.43. The summed E-state index contributed by atoms with van der Waals surface area (Å²) in [6.07, 6.45) is 2.67. The van der Waals surface area contributed by atoms with E-state index in [1.54, 1.807) is 11.3 Å². The van der Waals surface area contributed by atoms with Gasteiger partial charge in [-0.3, -0.25) is 4.90 Å². The van der Waals surface area contributed by atoms with Crippen molar-refractivity contribution >= 4 is 23.7 Å². The molecule has 5 heteroatoms. The van der Waals surface area contributed by atoms with Gasteiger partial charge < -0.3 is 5.32 Å². The van der Waals surface area contributed by atoms with Crippen molar-refractivity contribution < 1.29 is 0 Å². The van der Waals surface area contributed by atoms with E-state index in [4.69, 9.17) is 0 Å². The summed E-state index contributed by atoms with van der Waals surface area (Å²) in [7, 11) is 0. The Labute approximate surface area is 113 Å². The molecule has 2 fully saturated rings. The monoisotopic (exact) mass is 273 g/mol. The molecular formula is C12H20ClN3S. The Kier molecular flexibility index (Phi) is 4.42. The fourth-order valence-electron chi connectivity index (χ4n) is 2.98. The van der Waals surface area contributed by atoms with Crippen LogP contribution in [0, 0.1) is 12.8 Å². The van der Waals surface area contributed by atoms with Gasteiger partial charge in [0.05, 0.1) is 10.7 Å². The van der Waals surface area contributed by atoms with Crippen LogP contribution in [0.15, 0.2) is 5.38 Å². The zero-order chi connectivity index (χ0) is 11.0. The molecule has 0 saturated carbocycles. The molecule has 2 aliphatic heterocycles. The molecule has 2 unspecified atom stereocenters. The molecule has 3 rings (SSSR count). The van der Waals surface area contributed by atoms with Crippen LogP contribution in [0.25, 0.3) is 0 Å². The van der Waals surface area contributed by atoms with Gasteiger partial charge in [-0.1, -0.05) is 0 Å². The van der Waals surface area contributed by atoms with Crippen LogP contribution < -0.4 is 5.32 Å². The largest absolute Gasteiger partial charge is 0.314 e. The summed E-state index contributed by atoms with van der Waals surface area (Å²) in [5.41, 5.74) is 1.26. The molecule has 0 spiro atoms. The van der Waals surface area contributed by atoms with E-state index in [0.717, 1.165) is 18.5 Å². The summed E-state index contributed by atoms with van der Waals surface area (Å²) in [6, 6.07) is 0.799. The van der Waals surface area contributed by atoms with Gasteiger partial charge in [-0.2, -0.15) is 0 Å². The zero-order valence-electron chi connectivity index (χ0n) is 10.2. The van der Waals surface area contributed by atoms with Crippen molar-refractivity contribution in [2.24, 2.45) is 5.92 Å². The van der Waals surface area contributed by atoms with Crippen LogP contribution in [0.4, 0.5) is 0 Å². The molecule has 96 valence electrons. The first-order valence-electron chi connectivity index (χ1n) is 6.18. The van der Waals surface area contributed by atoms with Gasteiger partial charge in [0, 0.05) is 31.1 Å². The average molecular weight is 274 g/mol. The van der Waals surface area contributed by atoms with Gasteiger partial charge in [0.25, 0.3) is 0 Å². The van der Waals surface area contributed by atoms with Crippen LogP contribution in [0.5, 0.6) is 0 Å². The average Bonchev–Trinajstić information content (AvgIpc) is 2.87. The van der Waals surface area contributed by atoms with Crippen LogP contribution in [0.1, 0.15) is 23.5 Å². The van der Waals surface area contributed by atoms with Gasteiger partial charge >= 0.3 is 0 Å². The Bertz CT molecular complexity index is 368. The molecule has 17 heavy (non-hydrogen) atoms. The van der Waals surface area contributed by atoms with E-state index in [0.29, 0.717) is 0 Å². The standard InChI is InChI=1S/C12H19N3S.ClH/c1-9-14-11(8-16-9)7-15-5-3-12-10(6-15)2-4-13-12;/h8,10,12-13H,2-7H2,1H3;1H. The van der Waals surface area contributed by atoms with Gasteiger partial charge in [0.2, 0.25) is 0 Å². The predicted octanol–water partition coefficient (Wildman–Crippen LogP) is 2.06. The molecule has 0 bridgehead atoms. The van der Waals surface area contributed by atoms with Crippen LogP contribution in [-0.2, 0) is 6.54 Å². The van der Waals surface area contributed by atoms with Crippen molar-refractivity contribution in [2.75, 3.05) is 19.6 Å². The third-order valence-electron chi connectivity index (χ3n) is 3.79. The van der Waals surface area contributed by atoms with Crippen LogP contribution >= 0.6 is 23.7 Å². The van der Waals surface area contributed by atoms with E-state index < -0.39 is 0 Å². The minimum atomic E-state index is 0. The number of halogens is 1. The van der Waals surface area contributed by atoms with Crippen molar-refractivity contribution in [2.45, 2.75) is 32.4 Å². The summed E-state index contributed by atoms with van der Waals surface area (Å²) in [5.74, 6) is 0.883. The van der Waals surface area contributed by atoms with Crippen LogP contribution in [-0.4, -0.2) is 35.6 Å². The number of hydrogen-bond acceptors (Lipinski definition) is 4. The van der Waals surface area contributed by atoms with Crippen LogP contribution in [0.2, 0.25) is 0 Å². The Morgan fingerprint density at radius 3 is 3.18 bits per heavy atom. The molecule has 2 atom stereocenters. The molecule has 0 aliphatic carbocycles. The van der Waals surface area contributed by atoms with E-state index in [2.05, 4.69) is 27.5 Å². The first kappa shape index (κ1) is 13.3. The highest BCUT2D eigenvalue weighted by molar-refractivity contribution is 7.09. The number of thiazole rings is 1. The third-order valence-corrected chi connectivity index (χ3v) is 4.61. The van der Waals surface area contributed by atoms with E-state index >= 15 is 0 Å². The lowest BCUT2D eigenvalue weighted by atomic mass is 9.93. The highest BCUT2D eigenvalue weighted by Crippen LogP contribution is 2.25. The summed E-state index contributed by atoms with van der Waals surface area (Å²) in [5, 5.41) is 7.00. The fourth-order valence-corrected chi connectivity index (χ4v) is 3.58. The number of aromatic nitrogens is 1. The quantitative estimate of drug-likeness (QED) is 0.894. The summed E-state index contributed by atoms with van der Waals surface area (Å²) in [4.78, 5) is 7.12. The highest BCUT2D eigenvalue weighted by atomic mass is 35.5. The normalized spacial score (nSPS) is 28.8. The molecular weight excluding hydrogens is 254 g/mol. The van der Waals surface area contributed by atoms with Gasteiger partial charge in [-0.25, -0.2) is 4.98 Å². The van der Waals surface area contributed by atoms with E-state index in [1.165, 1.54) is 43.2 Å². The maximum atomic E-state index is 4.55. The minimum Gasteiger partial charge on any atom is -0.314 e. The highest BCUT2D eigenvalue weighted by Gasteiger charge is 2.32. The van der Waals surface area contributed by atoms with Crippen molar-refractivity contribution in [3.05, 3.63) is 16.1 Å². The van der Waals surface area contributed by atoms with Crippen molar-refractivity contribution in [1.82, 2.24) is 15.2 Å². The first-order valence-corrected chi connectivity index (χ1v) is 7.06. The molecule has 0 amide bonds. The molecule has 1 aromatic rings. The smallest absolute Gasteiger partial charge is 0.0897 e. The molecule has 0 radical (unpaired) electrons. The van der Waals surface area contributed by atoms with Gasteiger partial charge in [0.1, 0.15) is 0 Å². The van der Waals surface area contributed by atoms with Gasteiger partial charge in [-0.05, 0) is 32.2 Å². The number of rotatable bonds is 2. The Morgan fingerprint density at radius 2 is 2.41 bits per heavy atom. The molecule has 1 aromatic heterocycles. The van der Waals surface area contributed by atoms with Crippen molar-refractivity contribution in [3.8, 4) is 0 Å². The molecule has 3 nitrogen and oxygen atoms in total. The number of likely N-dealkylation sites (tertiary alicyclic amines) is 1. The summed E-state index contributed by atoms with van der Waals surface area (Å²) < 4.78 is 0. The number of piperidine rings is 1. The number of hydrogen-bond donors (Lipinski definition) is 1. The SMILES string of the molecule is Cc1nc(CN2CCC3NCCC3C2)cs1.Cl. The summed E-state index contributed by atoms with van der Waals surface area (Å²) in [6.45, 7) is 6.84. The van der Waals surface area contributed by atoms with Gasteiger partial charge in [-0.15, -0.1) is 23.7 Å². The topological polar surface area (TPSA) is 28.2 Å². The minimum absolute atomic E-state index is 0. The van der Waals surface area contributed by atoms with E-state index in [-0.39, 0.29) is 12.4 Å². The second kappa shape index (κ2) is 5.65. The second-order valence-corrected chi connectivity index (χ2v) is 6.05. The Balaban J connectivity index is 0.00000108. The van der Waals surface area contributed by atoms with Gasteiger partial charge in [0.15, 0.2) is 0 Å². The number of nitrogens with zero attached hydrogens (tertiary/aromatic N) is 2. The van der Waals surface area contributed by atoms with Crippen LogP contribution in [0.3, 0.4) is 0 Å². The Morgan fingerprint density at radius 1 is 1.53 bits per heavy atom. The maximum Gasteiger partial charge on any atom is 0.0897 e. The number of aryl methyl sites for hydroxylation is 1. The molecule has 2 saturated heterocycles. The predicted molar refractivity (Wildman–Crippen MR) is 73.9 cm³/mol. The lowest BCUT2D eigenvalue weighted by molar-refractivity contribution is 0.154. The molecule has 1 N–H and O–H groups in total. The van der Waals surface area contributed by atoms with Crippen molar-refractivity contribution in [1.29, 1.82) is 0 Å². The first-order chi connectivity index (χ1) is 7.81.